The molecule has 0 radical (unpaired) electrons. The summed E-state index contributed by atoms with van der Waals surface area (Å²) >= 11 is 0. The summed E-state index contributed by atoms with van der Waals surface area (Å²) in [6, 6.07) is 17.2. The Labute approximate surface area is 167 Å². The average molecular weight is 383 g/mol. The van der Waals surface area contributed by atoms with Crippen molar-refractivity contribution >= 4 is 11.8 Å². The normalized spacial score (nSPS) is 25.0. The smallest absolute Gasteiger partial charge is 0.411 e. The van der Waals surface area contributed by atoms with Crippen molar-refractivity contribution in [3.63, 3.8) is 0 Å². The Bertz CT molecular complexity index is 814. The molecule has 0 spiro atoms. The Kier molecular flexibility index (Phi) is 5.39. The van der Waals surface area contributed by atoms with E-state index in [0.29, 0.717) is 18.5 Å². The molecule has 1 amide bonds. The van der Waals surface area contributed by atoms with Crippen LogP contribution in [-0.4, -0.2) is 33.8 Å². The van der Waals surface area contributed by atoms with E-state index in [1.54, 1.807) is 4.90 Å². The lowest BCUT2D eigenvalue weighted by Gasteiger charge is -2.43. The van der Waals surface area contributed by atoms with E-state index >= 15 is 0 Å². The number of likely N-dealkylation sites (tertiary alicyclic amines) is 1. The number of hydrogen-bond donors (Lipinski definition) is 2. The lowest BCUT2D eigenvalue weighted by molar-refractivity contribution is -0.0230. The van der Waals surface area contributed by atoms with Gasteiger partial charge in [-0.25, -0.2) is 4.79 Å². The minimum Gasteiger partial charge on any atom is -0.444 e. The number of carbonyl (C=O) groups is 1. The number of aliphatic hydroxyl groups is 1. The van der Waals surface area contributed by atoms with Crippen LogP contribution in [0.15, 0.2) is 54.6 Å². The zero-order valence-corrected chi connectivity index (χ0v) is 17.1. The highest BCUT2D eigenvalue weighted by Crippen LogP contribution is 2.45. The Hall–Kier alpha value is -2.53. The Morgan fingerprint density at radius 3 is 2.36 bits per heavy atom. The third-order valence-corrected chi connectivity index (χ3v) is 5.30. The molecule has 1 aliphatic rings. The van der Waals surface area contributed by atoms with Gasteiger partial charge in [0.05, 0.1) is 6.10 Å². The number of amides is 1. The van der Waals surface area contributed by atoms with Gasteiger partial charge >= 0.3 is 6.09 Å². The summed E-state index contributed by atoms with van der Waals surface area (Å²) in [4.78, 5) is 15.0. The van der Waals surface area contributed by atoms with E-state index in [0.717, 1.165) is 11.1 Å². The number of nitrogens with zero attached hydrogens (tertiary/aromatic N) is 1. The van der Waals surface area contributed by atoms with Crippen LogP contribution in [0.25, 0.3) is 0 Å². The van der Waals surface area contributed by atoms with Crippen LogP contribution in [0.5, 0.6) is 0 Å². The third-order valence-electron chi connectivity index (χ3n) is 5.30. The molecular weight excluding hydrogens is 352 g/mol. The van der Waals surface area contributed by atoms with E-state index in [4.69, 9.17) is 10.5 Å². The molecule has 28 heavy (non-hydrogen) atoms. The van der Waals surface area contributed by atoms with Crippen molar-refractivity contribution < 1.29 is 14.6 Å². The predicted octanol–water partition coefficient (Wildman–Crippen LogP) is 4.10. The molecular formula is C23H30N2O3. The average Bonchev–Trinajstić information content (AvgIpc) is 2.87. The van der Waals surface area contributed by atoms with E-state index in [9.17, 15) is 9.90 Å². The lowest BCUT2D eigenvalue weighted by atomic mass is 9.79. The van der Waals surface area contributed by atoms with Crippen LogP contribution < -0.4 is 5.73 Å². The van der Waals surface area contributed by atoms with Crippen LogP contribution in [0.2, 0.25) is 0 Å². The molecule has 1 saturated heterocycles. The second-order valence-electron chi connectivity index (χ2n) is 8.66. The van der Waals surface area contributed by atoms with Crippen molar-refractivity contribution in [3.8, 4) is 0 Å². The zero-order chi connectivity index (χ0) is 20.5. The first kappa shape index (κ1) is 20.2. The fourth-order valence-corrected chi connectivity index (χ4v) is 4.14. The summed E-state index contributed by atoms with van der Waals surface area (Å²) in [6.45, 7) is 7.52. The number of hydrogen-bond acceptors (Lipinski definition) is 4. The first-order chi connectivity index (χ1) is 13.1. The molecule has 3 atom stereocenters. The summed E-state index contributed by atoms with van der Waals surface area (Å²) in [6.07, 6.45) is -0.156. The number of aliphatic hydroxyl groups excluding tert-OH is 1. The number of rotatable bonds is 3. The third kappa shape index (κ3) is 3.85. The highest BCUT2D eigenvalue weighted by Gasteiger charge is 2.55. The summed E-state index contributed by atoms with van der Waals surface area (Å²) < 4.78 is 5.73. The maximum atomic E-state index is 13.2. The van der Waals surface area contributed by atoms with Gasteiger partial charge in [0.25, 0.3) is 0 Å². The maximum absolute atomic E-state index is 13.2. The monoisotopic (exact) mass is 382 g/mol. The number of ether oxygens (including phenoxy) is 1. The van der Waals surface area contributed by atoms with E-state index in [1.165, 1.54) is 0 Å². The van der Waals surface area contributed by atoms with Gasteiger partial charge in [0.2, 0.25) is 0 Å². The molecule has 150 valence electrons. The van der Waals surface area contributed by atoms with Crippen molar-refractivity contribution in [3.05, 3.63) is 65.7 Å². The van der Waals surface area contributed by atoms with Gasteiger partial charge in [-0.05, 0) is 57.4 Å². The molecule has 0 aliphatic carbocycles. The molecule has 5 heteroatoms. The van der Waals surface area contributed by atoms with Crippen LogP contribution in [0, 0.1) is 0 Å². The van der Waals surface area contributed by atoms with Gasteiger partial charge < -0.3 is 15.6 Å². The highest BCUT2D eigenvalue weighted by atomic mass is 16.6. The molecule has 0 saturated carbocycles. The molecule has 3 rings (SSSR count). The number of carbonyl (C=O) groups excluding carboxylic acids is 1. The Morgan fingerprint density at radius 2 is 1.79 bits per heavy atom. The van der Waals surface area contributed by atoms with Crippen LogP contribution in [0.3, 0.4) is 0 Å². The van der Waals surface area contributed by atoms with Crippen LogP contribution in [0.1, 0.15) is 45.2 Å². The summed E-state index contributed by atoms with van der Waals surface area (Å²) in [5.74, 6) is 0. The van der Waals surface area contributed by atoms with Gasteiger partial charge in [-0.3, -0.25) is 4.90 Å². The molecule has 0 bridgehead atoms. The Morgan fingerprint density at radius 1 is 1.18 bits per heavy atom. The van der Waals surface area contributed by atoms with Crippen LogP contribution >= 0.6 is 0 Å². The van der Waals surface area contributed by atoms with Crippen molar-refractivity contribution in [1.82, 2.24) is 4.90 Å². The van der Waals surface area contributed by atoms with Crippen LogP contribution in [0.4, 0.5) is 10.5 Å². The van der Waals surface area contributed by atoms with Crippen molar-refractivity contribution in [2.45, 2.75) is 63.8 Å². The summed E-state index contributed by atoms with van der Waals surface area (Å²) in [7, 11) is 0. The topological polar surface area (TPSA) is 75.8 Å². The SMILES string of the molecule is C[C@@H]1C[C@@H](O)[C@](Cc2ccc(N)cc2)(c2ccccc2)N1C(=O)OC(C)(C)C. The van der Waals surface area contributed by atoms with Gasteiger partial charge in [0, 0.05) is 18.2 Å². The first-order valence-corrected chi connectivity index (χ1v) is 9.74. The molecule has 1 aliphatic heterocycles. The fraction of sp³-hybridized carbons (Fsp3) is 0.435. The van der Waals surface area contributed by atoms with Gasteiger partial charge in [0.1, 0.15) is 11.1 Å². The quantitative estimate of drug-likeness (QED) is 0.784. The largest absolute Gasteiger partial charge is 0.444 e. The lowest BCUT2D eigenvalue weighted by Crippen LogP contribution is -2.54. The number of anilines is 1. The molecule has 3 N–H and O–H groups in total. The number of benzene rings is 2. The highest BCUT2D eigenvalue weighted by molar-refractivity contribution is 5.71. The summed E-state index contributed by atoms with van der Waals surface area (Å²) in [5, 5.41) is 11.2. The zero-order valence-electron chi connectivity index (χ0n) is 17.1. The van der Waals surface area contributed by atoms with Crippen molar-refractivity contribution in [2.75, 3.05) is 5.73 Å². The second-order valence-corrected chi connectivity index (χ2v) is 8.66. The fourth-order valence-electron chi connectivity index (χ4n) is 4.14. The second kappa shape index (κ2) is 7.47. The molecule has 0 aromatic heterocycles. The molecule has 1 heterocycles. The van der Waals surface area contributed by atoms with E-state index in [2.05, 4.69) is 0 Å². The Balaban J connectivity index is 2.11. The molecule has 0 unspecified atom stereocenters. The first-order valence-electron chi connectivity index (χ1n) is 9.74. The molecule has 5 nitrogen and oxygen atoms in total. The standard InChI is InChI=1S/C23H30N2O3/c1-16-14-20(26)23(18-8-6-5-7-9-18,15-17-10-12-19(24)13-11-17)25(16)21(27)28-22(2,3)4/h5-13,16,20,26H,14-15,24H2,1-4H3/t16-,20-,23+/m1/s1. The minimum absolute atomic E-state index is 0.154. The molecule has 2 aromatic carbocycles. The maximum Gasteiger partial charge on any atom is 0.411 e. The number of nitrogens with two attached hydrogens (primary N) is 1. The van der Waals surface area contributed by atoms with Crippen molar-refractivity contribution in [1.29, 1.82) is 0 Å². The summed E-state index contributed by atoms with van der Waals surface area (Å²) in [5.41, 5.74) is 6.90. The van der Waals surface area contributed by atoms with E-state index in [1.807, 2.05) is 82.3 Å². The van der Waals surface area contributed by atoms with E-state index < -0.39 is 23.3 Å². The van der Waals surface area contributed by atoms with Crippen molar-refractivity contribution in [2.24, 2.45) is 0 Å². The number of nitrogen functional groups attached to an aromatic ring is 1. The van der Waals surface area contributed by atoms with Gasteiger partial charge in [-0.15, -0.1) is 0 Å². The predicted molar refractivity (Wildman–Crippen MR) is 111 cm³/mol. The molecule has 1 fully saturated rings. The van der Waals surface area contributed by atoms with Gasteiger partial charge in [0.15, 0.2) is 0 Å². The van der Waals surface area contributed by atoms with Gasteiger partial charge in [-0.1, -0.05) is 42.5 Å². The molecule has 2 aromatic rings. The van der Waals surface area contributed by atoms with Crippen LogP contribution in [-0.2, 0) is 16.7 Å². The minimum atomic E-state index is -0.904. The van der Waals surface area contributed by atoms with Gasteiger partial charge in [-0.2, -0.15) is 0 Å². The van der Waals surface area contributed by atoms with E-state index in [-0.39, 0.29) is 6.04 Å².